The summed E-state index contributed by atoms with van der Waals surface area (Å²) < 4.78 is 0. The minimum absolute atomic E-state index is 0.364. The minimum atomic E-state index is 0.364. The number of hydrogen-bond acceptors (Lipinski definition) is 4. The van der Waals surface area contributed by atoms with Crippen molar-refractivity contribution in [2.24, 2.45) is 17.8 Å². The highest BCUT2D eigenvalue weighted by molar-refractivity contribution is 5.71. The molecule has 0 aromatic heterocycles. The molecule has 0 amide bonds. The monoisotopic (exact) mass is 552 g/mol. The molecule has 1 aromatic rings. The summed E-state index contributed by atoms with van der Waals surface area (Å²) in [5.74, 6) is 2.30. The molecule has 8 rings (SSSR count). The molecule has 4 heteroatoms. The summed E-state index contributed by atoms with van der Waals surface area (Å²) in [5, 5.41) is 19.0. The molecule has 42 heavy (non-hydrogen) atoms. The van der Waals surface area contributed by atoms with Gasteiger partial charge in [0.05, 0.1) is 17.7 Å². The lowest BCUT2D eigenvalue weighted by atomic mass is 9.71. The first kappa shape index (κ1) is 26.1. The first-order valence-electron chi connectivity index (χ1n) is 16.4. The van der Waals surface area contributed by atoms with Crippen molar-refractivity contribution in [1.82, 2.24) is 4.90 Å². The summed E-state index contributed by atoms with van der Waals surface area (Å²) in [7, 11) is 0. The molecule has 5 aliphatic carbocycles. The number of hydrogen-bond donors (Lipinski definition) is 0. The fourth-order valence-electron chi connectivity index (χ4n) is 9.94. The van der Waals surface area contributed by atoms with E-state index in [1.807, 2.05) is 12.1 Å². The largest absolute Gasteiger partial charge is 0.340 e. The number of fused-ring (bicyclic) bond motifs is 6. The molecule has 2 heterocycles. The van der Waals surface area contributed by atoms with Gasteiger partial charge in [-0.2, -0.15) is 10.5 Å². The molecular formula is C38H40N4. The van der Waals surface area contributed by atoms with Gasteiger partial charge >= 0.3 is 0 Å². The number of rotatable bonds is 3. The van der Waals surface area contributed by atoms with E-state index >= 15 is 0 Å². The Morgan fingerprint density at radius 3 is 2.57 bits per heavy atom. The molecule has 212 valence electrons. The van der Waals surface area contributed by atoms with Crippen LogP contribution in [0.2, 0.25) is 0 Å². The van der Waals surface area contributed by atoms with Crippen LogP contribution < -0.4 is 4.90 Å². The van der Waals surface area contributed by atoms with E-state index in [1.165, 1.54) is 67.5 Å². The molecule has 7 aliphatic rings. The van der Waals surface area contributed by atoms with Crippen LogP contribution in [0.25, 0.3) is 0 Å². The van der Waals surface area contributed by atoms with E-state index in [0.717, 1.165) is 42.2 Å². The Kier molecular flexibility index (Phi) is 6.57. The Labute approximate surface area is 250 Å². The smallest absolute Gasteiger partial charge is 0.0991 e. The summed E-state index contributed by atoms with van der Waals surface area (Å²) in [6.07, 6.45) is 33.1. The van der Waals surface area contributed by atoms with Gasteiger partial charge in [0.1, 0.15) is 0 Å². The van der Waals surface area contributed by atoms with Crippen molar-refractivity contribution in [3.05, 3.63) is 101 Å². The quantitative estimate of drug-likeness (QED) is 0.381. The van der Waals surface area contributed by atoms with Gasteiger partial charge in [0.15, 0.2) is 0 Å². The number of nitrogens with zero attached hydrogens (tertiary/aromatic N) is 4. The van der Waals surface area contributed by atoms with E-state index in [0.29, 0.717) is 36.0 Å². The summed E-state index contributed by atoms with van der Waals surface area (Å²) in [4.78, 5) is 5.80. The SMILES string of the molecule is N#CC1=CCC(C2=CC(N3C4CCCCC4C4CCCC(N5C6=CC=CCC6c6cc(C#N)ccc65)[C@@H]43)CC=C2)C=C1. The molecule has 2 saturated carbocycles. The predicted molar refractivity (Wildman–Crippen MR) is 167 cm³/mol. The van der Waals surface area contributed by atoms with Gasteiger partial charge in [-0.3, -0.25) is 4.90 Å². The van der Waals surface area contributed by atoms with Crippen LogP contribution in [0.15, 0.2) is 89.7 Å². The second-order valence-electron chi connectivity index (χ2n) is 13.5. The van der Waals surface area contributed by atoms with Gasteiger partial charge < -0.3 is 4.90 Å². The van der Waals surface area contributed by atoms with Crippen molar-refractivity contribution in [1.29, 1.82) is 10.5 Å². The van der Waals surface area contributed by atoms with Gasteiger partial charge in [-0.05, 0) is 98.3 Å². The van der Waals surface area contributed by atoms with Gasteiger partial charge in [-0.25, -0.2) is 0 Å². The molecule has 4 nitrogen and oxygen atoms in total. The van der Waals surface area contributed by atoms with E-state index < -0.39 is 0 Å². The molecule has 0 spiro atoms. The van der Waals surface area contributed by atoms with E-state index in [-0.39, 0.29) is 0 Å². The zero-order valence-corrected chi connectivity index (χ0v) is 24.4. The second-order valence-corrected chi connectivity index (χ2v) is 13.5. The predicted octanol–water partition coefficient (Wildman–Crippen LogP) is 8.00. The summed E-state index contributed by atoms with van der Waals surface area (Å²) in [6, 6.07) is 13.3. The van der Waals surface area contributed by atoms with Crippen molar-refractivity contribution >= 4 is 5.69 Å². The average molecular weight is 553 g/mol. The number of benzene rings is 1. The maximum Gasteiger partial charge on any atom is 0.0991 e. The molecule has 1 saturated heterocycles. The Morgan fingerprint density at radius 2 is 1.71 bits per heavy atom. The lowest BCUT2D eigenvalue weighted by molar-refractivity contribution is 0.0948. The molecule has 0 radical (unpaired) electrons. The van der Waals surface area contributed by atoms with Crippen LogP contribution in [-0.4, -0.2) is 29.1 Å². The van der Waals surface area contributed by atoms with Gasteiger partial charge in [0.2, 0.25) is 0 Å². The highest BCUT2D eigenvalue weighted by atomic mass is 15.3. The molecule has 3 fully saturated rings. The van der Waals surface area contributed by atoms with Gasteiger partial charge in [-0.1, -0.05) is 61.8 Å². The third-order valence-corrected chi connectivity index (χ3v) is 11.6. The minimum Gasteiger partial charge on any atom is -0.340 e. The molecule has 0 bridgehead atoms. The van der Waals surface area contributed by atoms with Crippen molar-refractivity contribution in [2.75, 3.05) is 4.90 Å². The number of nitriles is 2. The summed E-state index contributed by atoms with van der Waals surface area (Å²) in [5.41, 5.74) is 7.15. The van der Waals surface area contributed by atoms with Crippen LogP contribution >= 0.6 is 0 Å². The van der Waals surface area contributed by atoms with Crippen LogP contribution in [0.1, 0.15) is 81.3 Å². The first-order chi connectivity index (χ1) is 20.7. The number of allylic oxidation sites excluding steroid dienone is 10. The lowest BCUT2D eigenvalue weighted by Crippen LogP contribution is -2.56. The van der Waals surface area contributed by atoms with Crippen molar-refractivity contribution in [3.8, 4) is 12.1 Å². The fraction of sp³-hybridized carbons (Fsp3) is 0.474. The lowest BCUT2D eigenvalue weighted by Gasteiger charge is -2.48. The molecule has 2 aliphatic heterocycles. The second kappa shape index (κ2) is 10.6. The number of likely N-dealkylation sites (tertiary alicyclic amines) is 1. The zero-order chi connectivity index (χ0) is 28.2. The van der Waals surface area contributed by atoms with Crippen LogP contribution in [0.3, 0.4) is 0 Å². The Balaban J connectivity index is 1.19. The van der Waals surface area contributed by atoms with Crippen LogP contribution in [-0.2, 0) is 0 Å². The topological polar surface area (TPSA) is 54.1 Å². The maximum atomic E-state index is 9.71. The normalized spacial score (nSPS) is 36.5. The van der Waals surface area contributed by atoms with Crippen LogP contribution in [0.4, 0.5) is 5.69 Å². The van der Waals surface area contributed by atoms with E-state index in [1.54, 1.807) is 0 Å². The average Bonchev–Trinajstić information content (AvgIpc) is 3.57. The Hall–Kier alpha value is -3.60. The Bertz CT molecular complexity index is 1540. The Morgan fingerprint density at radius 1 is 0.833 bits per heavy atom. The molecule has 0 N–H and O–H groups in total. The summed E-state index contributed by atoms with van der Waals surface area (Å²) >= 11 is 0. The van der Waals surface area contributed by atoms with Gasteiger partial charge in [0.25, 0.3) is 0 Å². The highest BCUT2D eigenvalue weighted by Gasteiger charge is 2.56. The summed E-state index contributed by atoms with van der Waals surface area (Å²) in [6.45, 7) is 0. The third-order valence-electron chi connectivity index (χ3n) is 11.6. The molecule has 8 atom stereocenters. The van der Waals surface area contributed by atoms with E-state index in [9.17, 15) is 10.5 Å². The van der Waals surface area contributed by atoms with E-state index in [4.69, 9.17) is 0 Å². The van der Waals surface area contributed by atoms with Crippen molar-refractivity contribution < 1.29 is 0 Å². The molecular weight excluding hydrogens is 512 g/mol. The molecule has 7 unspecified atom stereocenters. The maximum absolute atomic E-state index is 9.71. The van der Waals surface area contributed by atoms with Crippen LogP contribution in [0, 0.1) is 40.4 Å². The zero-order valence-electron chi connectivity index (χ0n) is 24.4. The first-order valence-corrected chi connectivity index (χ1v) is 16.4. The molecule has 1 aromatic carbocycles. The number of anilines is 1. The van der Waals surface area contributed by atoms with E-state index in [2.05, 4.69) is 82.7 Å². The van der Waals surface area contributed by atoms with Crippen molar-refractivity contribution in [2.45, 2.75) is 94.3 Å². The van der Waals surface area contributed by atoms with Gasteiger partial charge in [0, 0.05) is 53.0 Å². The third kappa shape index (κ3) is 4.11. The van der Waals surface area contributed by atoms with Crippen LogP contribution in [0.5, 0.6) is 0 Å². The standard InChI is InChI=1S/C38H40N4/c39-23-25-15-18-27(19-16-25)28-7-5-8-29(22-28)41-34-12-3-1-9-30(34)32-11-6-14-37(38(32)41)42-35-13-4-2-10-31(35)33-21-26(24-40)17-20-36(33)42/h2,4-5,7,13,15-18,20-22,27,29-32,34,37-38H,1,3,6,8-12,14,19H2/t27?,29?,30?,31?,32?,34?,37?,38-/m1/s1. The van der Waals surface area contributed by atoms with Gasteiger partial charge in [-0.15, -0.1) is 0 Å². The fourth-order valence-corrected chi connectivity index (χ4v) is 9.94. The highest BCUT2D eigenvalue weighted by Crippen LogP contribution is 2.56. The van der Waals surface area contributed by atoms with Crippen molar-refractivity contribution in [3.63, 3.8) is 0 Å².